The van der Waals surface area contributed by atoms with Crippen molar-refractivity contribution in [3.8, 4) is 5.88 Å². The highest BCUT2D eigenvalue weighted by molar-refractivity contribution is 5.96. The Labute approximate surface area is 87.4 Å². The number of carbonyl (C=O) groups is 1. The highest BCUT2D eigenvalue weighted by Crippen LogP contribution is 2.26. The zero-order valence-corrected chi connectivity index (χ0v) is 8.73. The topological polar surface area (TPSA) is 82.2 Å². The standard InChI is InChI=1S/C9H14N4O2/c1-5(2)13-3-7-9(12-13)15-4-6(10)8(14)11-7/h3,5-6H,4,10H2,1-2H3,(H,11,14)/t6-/m0/s1. The molecule has 0 aliphatic carbocycles. The van der Waals surface area contributed by atoms with Crippen molar-refractivity contribution in [2.24, 2.45) is 5.73 Å². The van der Waals surface area contributed by atoms with Gasteiger partial charge in [-0.05, 0) is 13.8 Å². The molecule has 1 aliphatic heterocycles. The summed E-state index contributed by atoms with van der Waals surface area (Å²) in [4.78, 5) is 11.4. The van der Waals surface area contributed by atoms with Crippen molar-refractivity contribution in [1.29, 1.82) is 0 Å². The van der Waals surface area contributed by atoms with E-state index in [1.165, 1.54) is 0 Å². The van der Waals surface area contributed by atoms with Crippen molar-refractivity contribution >= 4 is 11.6 Å². The van der Waals surface area contributed by atoms with Crippen LogP contribution in [0.4, 0.5) is 5.69 Å². The number of anilines is 1. The van der Waals surface area contributed by atoms with Gasteiger partial charge in [-0.1, -0.05) is 0 Å². The molecule has 1 atom stereocenters. The molecule has 2 rings (SSSR count). The lowest BCUT2D eigenvalue weighted by molar-refractivity contribution is -0.117. The van der Waals surface area contributed by atoms with Gasteiger partial charge >= 0.3 is 0 Å². The minimum absolute atomic E-state index is 0.161. The van der Waals surface area contributed by atoms with E-state index in [-0.39, 0.29) is 18.6 Å². The van der Waals surface area contributed by atoms with Gasteiger partial charge in [0.1, 0.15) is 18.3 Å². The molecule has 0 spiro atoms. The number of ether oxygens (including phenoxy) is 1. The minimum atomic E-state index is -0.633. The molecular weight excluding hydrogens is 196 g/mol. The monoisotopic (exact) mass is 210 g/mol. The Morgan fingerprint density at radius 1 is 1.73 bits per heavy atom. The van der Waals surface area contributed by atoms with Crippen LogP contribution in [0.25, 0.3) is 0 Å². The fraction of sp³-hybridized carbons (Fsp3) is 0.556. The molecule has 0 saturated heterocycles. The van der Waals surface area contributed by atoms with Gasteiger partial charge in [-0.15, -0.1) is 5.10 Å². The van der Waals surface area contributed by atoms with E-state index >= 15 is 0 Å². The number of nitrogens with one attached hydrogen (secondary N) is 1. The maximum absolute atomic E-state index is 11.4. The van der Waals surface area contributed by atoms with Crippen LogP contribution >= 0.6 is 0 Å². The second-order valence-corrected chi connectivity index (χ2v) is 3.83. The van der Waals surface area contributed by atoms with Crippen LogP contribution in [0.3, 0.4) is 0 Å². The SMILES string of the molecule is CC(C)n1cc2c(n1)OC[C@H](N)C(=O)N2. The first kappa shape index (κ1) is 9.97. The largest absolute Gasteiger partial charge is 0.473 e. The van der Waals surface area contributed by atoms with Crippen LogP contribution < -0.4 is 15.8 Å². The number of fused-ring (bicyclic) bond motifs is 1. The third kappa shape index (κ3) is 1.80. The summed E-state index contributed by atoms with van der Waals surface area (Å²) >= 11 is 0. The Kier molecular flexibility index (Phi) is 2.36. The third-order valence-electron chi connectivity index (χ3n) is 2.22. The first-order valence-electron chi connectivity index (χ1n) is 4.86. The van der Waals surface area contributed by atoms with Crippen LogP contribution in [0.15, 0.2) is 6.20 Å². The predicted octanol–water partition coefficient (Wildman–Crippen LogP) is 0.122. The van der Waals surface area contributed by atoms with Gasteiger partial charge in [-0.2, -0.15) is 0 Å². The molecule has 6 nitrogen and oxygen atoms in total. The van der Waals surface area contributed by atoms with Crippen LogP contribution in [-0.2, 0) is 4.79 Å². The molecule has 0 fully saturated rings. The number of hydrogen-bond donors (Lipinski definition) is 2. The van der Waals surface area contributed by atoms with Crippen molar-refractivity contribution in [1.82, 2.24) is 9.78 Å². The molecule has 0 bridgehead atoms. The summed E-state index contributed by atoms with van der Waals surface area (Å²) in [5.41, 5.74) is 6.13. The number of aromatic nitrogens is 2. The maximum atomic E-state index is 11.4. The molecule has 0 radical (unpaired) electrons. The number of carbonyl (C=O) groups excluding carboxylic acids is 1. The molecule has 0 unspecified atom stereocenters. The lowest BCUT2D eigenvalue weighted by Crippen LogP contribution is -2.38. The first-order valence-corrected chi connectivity index (χ1v) is 4.86. The molecule has 3 N–H and O–H groups in total. The lowest BCUT2D eigenvalue weighted by atomic mass is 10.3. The normalized spacial score (nSPS) is 20.5. The molecule has 0 aromatic carbocycles. The molecule has 82 valence electrons. The maximum Gasteiger partial charge on any atom is 0.257 e. The number of hydrogen-bond acceptors (Lipinski definition) is 4. The average Bonchev–Trinajstić information content (AvgIpc) is 2.52. The second kappa shape index (κ2) is 3.54. The van der Waals surface area contributed by atoms with Gasteiger partial charge in [-0.25, -0.2) is 0 Å². The number of rotatable bonds is 1. The fourth-order valence-corrected chi connectivity index (χ4v) is 1.30. The van der Waals surface area contributed by atoms with E-state index in [1.54, 1.807) is 10.9 Å². The predicted molar refractivity (Wildman–Crippen MR) is 54.7 cm³/mol. The molecule has 2 heterocycles. The smallest absolute Gasteiger partial charge is 0.257 e. The Morgan fingerprint density at radius 3 is 3.13 bits per heavy atom. The van der Waals surface area contributed by atoms with Crippen LogP contribution in [0.1, 0.15) is 19.9 Å². The summed E-state index contributed by atoms with van der Waals surface area (Å²) in [7, 11) is 0. The Hall–Kier alpha value is -1.56. The molecule has 0 saturated carbocycles. The summed E-state index contributed by atoms with van der Waals surface area (Å²) < 4.78 is 7.06. The zero-order chi connectivity index (χ0) is 11.0. The van der Waals surface area contributed by atoms with E-state index < -0.39 is 6.04 Å². The summed E-state index contributed by atoms with van der Waals surface area (Å²) in [6, 6.07) is -0.405. The lowest BCUT2D eigenvalue weighted by Gasteiger charge is -2.07. The van der Waals surface area contributed by atoms with E-state index in [9.17, 15) is 4.79 Å². The van der Waals surface area contributed by atoms with Crippen LogP contribution in [0.5, 0.6) is 5.88 Å². The molecule has 1 amide bonds. The highest BCUT2D eigenvalue weighted by atomic mass is 16.5. The van der Waals surface area contributed by atoms with Gasteiger partial charge in [0.2, 0.25) is 5.91 Å². The average molecular weight is 210 g/mol. The summed E-state index contributed by atoms with van der Waals surface area (Å²) in [6.07, 6.45) is 1.75. The van der Waals surface area contributed by atoms with E-state index in [4.69, 9.17) is 10.5 Å². The van der Waals surface area contributed by atoms with Crippen molar-refractivity contribution in [2.45, 2.75) is 25.9 Å². The molecule has 15 heavy (non-hydrogen) atoms. The summed E-state index contributed by atoms with van der Waals surface area (Å²) in [5, 5.41) is 6.88. The van der Waals surface area contributed by atoms with Crippen molar-refractivity contribution in [3.05, 3.63) is 6.20 Å². The zero-order valence-electron chi connectivity index (χ0n) is 8.73. The first-order chi connectivity index (χ1) is 7.08. The molecular formula is C9H14N4O2. The quantitative estimate of drug-likeness (QED) is 0.689. The highest BCUT2D eigenvalue weighted by Gasteiger charge is 2.23. The Balaban J connectivity index is 2.30. The molecule has 1 aromatic rings. The van der Waals surface area contributed by atoms with E-state index in [0.29, 0.717) is 11.6 Å². The third-order valence-corrected chi connectivity index (χ3v) is 2.22. The minimum Gasteiger partial charge on any atom is -0.473 e. The molecule has 1 aliphatic rings. The van der Waals surface area contributed by atoms with Crippen molar-refractivity contribution < 1.29 is 9.53 Å². The van der Waals surface area contributed by atoms with Crippen LogP contribution in [-0.4, -0.2) is 28.3 Å². The van der Waals surface area contributed by atoms with Crippen LogP contribution in [0.2, 0.25) is 0 Å². The van der Waals surface area contributed by atoms with Gasteiger partial charge < -0.3 is 15.8 Å². The second-order valence-electron chi connectivity index (χ2n) is 3.83. The van der Waals surface area contributed by atoms with E-state index in [0.717, 1.165) is 0 Å². The molecule has 6 heteroatoms. The Morgan fingerprint density at radius 2 is 2.47 bits per heavy atom. The number of nitrogens with zero attached hydrogens (tertiary/aromatic N) is 2. The van der Waals surface area contributed by atoms with E-state index in [1.807, 2.05) is 13.8 Å². The summed E-state index contributed by atoms with van der Waals surface area (Å²) in [5.74, 6) is 0.196. The molecule has 1 aromatic heterocycles. The number of nitrogens with two attached hydrogens (primary N) is 1. The van der Waals surface area contributed by atoms with Gasteiger partial charge in [-0.3, -0.25) is 9.48 Å². The number of amides is 1. The Bertz CT molecular complexity index is 385. The van der Waals surface area contributed by atoms with Gasteiger partial charge in [0.15, 0.2) is 0 Å². The van der Waals surface area contributed by atoms with Gasteiger partial charge in [0.05, 0.1) is 6.20 Å². The van der Waals surface area contributed by atoms with Gasteiger partial charge in [0, 0.05) is 6.04 Å². The van der Waals surface area contributed by atoms with Crippen LogP contribution in [0, 0.1) is 0 Å². The summed E-state index contributed by atoms with van der Waals surface area (Å²) in [6.45, 7) is 4.16. The van der Waals surface area contributed by atoms with Gasteiger partial charge in [0.25, 0.3) is 5.88 Å². The van der Waals surface area contributed by atoms with E-state index in [2.05, 4.69) is 10.4 Å². The fourth-order valence-electron chi connectivity index (χ4n) is 1.30. The van der Waals surface area contributed by atoms with Crippen molar-refractivity contribution in [3.63, 3.8) is 0 Å². The van der Waals surface area contributed by atoms with Crippen molar-refractivity contribution in [2.75, 3.05) is 11.9 Å².